The predicted octanol–water partition coefficient (Wildman–Crippen LogP) is 2.96. The van der Waals surface area contributed by atoms with Crippen LogP contribution < -0.4 is 0 Å². The van der Waals surface area contributed by atoms with E-state index in [1.165, 1.54) is 12.1 Å². The maximum absolute atomic E-state index is 10.7. The van der Waals surface area contributed by atoms with Gasteiger partial charge in [-0.1, -0.05) is 22.9 Å². The average Bonchev–Trinajstić information content (AvgIpc) is 2.42. The Bertz CT molecular complexity index is 518. The first-order valence-electron chi connectivity index (χ1n) is 3.73. The number of aromatic carboxylic acids is 1. The Hall–Kier alpha value is -1.26. The number of aromatic hydroxyl groups is 1. The average molecular weight is 229 g/mol. The number of halogens is 1. The number of hydrogen-bond donors (Lipinski definition) is 2. The van der Waals surface area contributed by atoms with Gasteiger partial charge in [0.2, 0.25) is 0 Å². The zero-order valence-electron chi connectivity index (χ0n) is 6.82. The van der Waals surface area contributed by atoms with Crippen LogP contribution in [0.5, 0.6) is 5.06 Å². The van der Waals surface area contributed by atoms with Gasteiger partial charge in [0.1, 0.15) is 0 Å². The van der Waals surface area contributed by atoms with E-state index in [1.807, 2.05) is 0 Å². The fraction of sp³-hybridized carbons (Fsp3) is 0. The van der Waals surface area contributed by atoms with E-state index in [4.69, 9.17) is 16.7 Å². The quantitative estimate of drug-likeness (QED) is 0.789. The molecule has 0 radical (unpaired) electrons. The lowest BCUT2D eigenvalue weighted by atomic mass is 10.2. The molecular formula is C9H5ClO3S. The van der Waals surface area contributed by atoms with Gasteiger partial charge >= 0.3 is 5.97 Å². The lowest BCUT2D eigenvalue weighted by Crippen LogP contribution is -1.96. The molecule has 0 amide bonds. The van der Waals surface area contributed by atoms with Crippen molar-refractivity contribution >= 4 is 39.0 Å². The molecule has 2 rings (SSSR count). The molecule has 0 spiro atoms. The summed E-state index contributed by atoms with van der Waals surface area (Å²) in [5.74, 6) is -1.07. The Labute approximate surface area is 88.2 Å². The largest absolute Gasteiger partial charge is 0.499 e. The lowest BCUT2D eigenvalue weighted by Gasteiger charge is -1.97. The van der Waals surface area contributed by atoms with Gasteiger partial charge in [-0.3, -0.25) is 0 Å². The molecule has 0 saturated carbocycles. The normalized spacial score (nSPS) is 10.6. The minimum absolute atomic E-state index is 0.0565. The third-order valence-corrected chi connectivity index (χ3v) is 3.04. The zero-order chi connectivity index (χ0) is 10.3. The van der Waals surface area contributed by atoms with Gasteiger partial charge in [0, 0.05) is 4.70 Å². The lowest BCUT2D eigenvalue weighted by molar-refractivity contribution is 0.0697. The Balaban J connectivity index is 2.76. The molecular weight excluding hydrogens is 224 g/mol. The van der Waals surface area contributed by atoms with Crippen LogP contribution in [0, 0.1) is 0 Å². The fourth-order valence-corrected chi connectivity index (χ4v) is 2.29. The summed E-state index contributed by atoms with van der Waals surface area (Å²) in [6.45, 7) is 0. The molecule has 0 aliphatic carbocycles. The van der Waals surface area contributed by atoms with Crippen LogP contribution in [0.1, 0.15) is 10.4 Å². The van der Waals surface area contributed by atoms with Gasteiger partial charge in [-0.05, 0) is 23.6 Å². The van der Waals surface area contributed by atoms with E-state index in [1.54, 1.807) is 6.07 Å². The number of carboxylic acids is 1. The van der Waals surface area contributed by atoms with Gasteiger partial charge in [0.15, 0.2) is 5.06 Å². The molecule has 1 heterocycles. The van der Waals surface area contributed by atoms with Crippen LogP contribution in [0.3, 0.4) is 0 Å². The van der Waals surface area contributed by atoms with Crippen molar-refractivity contribution in [3.8, 4) is 5.06 Å². The van der Waals surface area contributed by atoms with Crippen molar-refractivity contribution in [3.63, 3.8) is 0 Å². The first-order chi connectivity index (χ1) is 6.58. The third kappa shape index (κ3) is 1.42. The number of benzene rings is 1. The minimum atomic E-state index is -1.07. The van der Waals surface area contributed by atoms with Gasteiger partial charge < -0.3 is 10.2 Å². The highest BCUT2D eigenvalue weighted by atomic mass is 35.5. The highest BCUT2D eigenvalue weighted by Crippen LogP contribution is 2.34. The number of thiophene rings is 1. The van der Waals surface area contributed by atoms with Crippen molar-refractivity contribution in [2.24, 2.45) is 0 Å². The standard InChI is InChI=1S/C9H5ClO3S/c10-6-1-4-2-8(11)14-7(4)3-5(6)9(12)13/h1-3,11H,(H,12,13). The van der Waals surface area contributed by atoms with E-state index in [-0.39, 0.29) is 15.6 Å². The summed E-state index contributed by atoms with van der Waals surface area (Å²) in [7, 11) is 0. The van der Waals surface area contributed by atoms with E-state index in [0.29, 0.717) is 4.70 Å². The Kier molecular flexibility index (Phi) is 2.09. The smallest absolute Gasteiger partial charge is 0.337 e. The van der Waals surface area contributed by atoms with Crippen LogP contribution in [-0.4, -0.2) is 16.2 Å². The second-order valence-corrected chi connectivity index (χ2v) is 4.23. The van der Waals surface area contributed by atoms with E-state index < -0.39 is 5.97 Å². The monoisotopic (exact) mass is 228 g/mol. The summed E-state index contributed by atoms with van der Waals surface area (Å²) in [6.07, 6.45) is 0. The van der Waals surface area contributed by atoms with Crippen LogP contribution in [0.4, 0.5) is 0 Å². The number of fused-ring (bicyclic) bond motifs is 1. The first kappa shape index (κ1) is 9.30. The molecule has 72 valence electrons. The van der Waals surface area contributed by atoms with E-state index in [2.05, 4.69) is 0 Å². The Morgan fingerprint density at radius 2 is 2.07 bits per heavy atom. The molecule has 0 bridgehead atoms. The van der Waals surface area contributed by atoms with Crippen LogP contribution in [0.25, 0.3) is 10.1 Å². The summed E-state index contributed by atoms with van der Waals surface area (Å²) < 4.78 is 0.712. The second kappa shape index (κ2) is 3.15. The summed E-state index contributed by atoms with van der Waals surface area (Å²) >= 11 is 6.88. The molecule has 0 saturated heterocycles. The summed E-state index contributed by atoms with van der Waals surface area (Å²) in [4.78, 5) is 10.7. The predicted molar refractivity (Wildman–Crippen MR) is 55.5 cm³/mol. The third-order valence-electron chi connectivity index (χ3n) is 1.82. The number of carboxylic acid groups (broad SMARTS) is 1. The van der Waals surface area contributed by atoms with Crippen LogP contribution in [0.2, 0.25) is 5.02 Å². The van der Waals surface area contributed by atoms with Crippen molar-refractivity contribution in [2.45, 2.75) is 0 Å². The molecule has 0 fully saturated rings. The van der Waals surface area contributed by atoms with Gasteiger partial charge in [-0.25, -0.2) is 4.79 Å². The van der Waals surface area contributed by atoms with Gasteiger partial charge in [0.25, 0.3) is 0 Å². The van der Waals surface area contributed by atoms with Gasteiger partial charge in [0.05, 0.1) is 10.6 Å². The molecule has 1 aromatic heterocycles. The van der Waals surface area contributed by atoms with Crippen LogP contribution >= 0.6 is 22.9 Å². The topological polar surface area (TPSA) is 57.5 Å². The molecule has 0 unspecified atom stereocenters. The Morgan fingerprint density at radius 3 is 2.71 bits per heavy atom. The summed E-state index contributed by atoms with van der Waals surface area (Å²) in [6, 6.07) is 4.55. The number of hydrogen-bond acceptors (Lipinski definition) is 3. The van der Waals surface area contributed by atoms with Crippen LogP contribution in [0.15, 0.2) is 18.2 Å². The number of carbonyl (C=O) groups is 1. The summed E-state index contributed by atoms with van der Waals surface area (Å²) in [5, 5.41) is 19.1. The minimum Gasteiger partial charge on any atom is -0.499 e. The molecule has 2 aromatic rings. The van der Waals surface area contributed by atoms with E-state index in [9.17, 15) is 9.90 Å². The van der Waals surface area contributed by atoms with Crippen molar-refractivity contribution in [2.75, 3.05) is 0 Å². The summed E-state index contributed by atoms with van der Waals surface area (Å²) in [5.41, 5.74) is 0.0565. The molecule has 0 atom stereocenters. The zero-order valence-corrected chi connectivity index (χ0v) is 8.39. The van der Waals surface area contributed by atoms with E-state index in [0.717, 1.165) is 16.7 Å². The Morgan fingerprint density at radius 1 is 1.36 bits per heavy atom. The number of rotatable bonds is 1. The SMILES string of the molecule is O=C(O)c1cc2sc(O)cc2cc1Cl. The second-order valence-electron chi connectivity index (χ2n) is 2.76. The van der Waals surface area contributed by atoms with Gasteiger partial charge in [-0.15, -0.1) is 0 Å². The van der Waals surface area contributed by atoms with Crippen LogP contribution in [-0.2, 0) is 0 Å². The van der Waals surface area contributed by atoms with Gasteiger partial charge in [-0.2, -0.15) is 0 Å². The van der Waals surface area contributed by atoms with Crippen molar-refractivity contribution in [1.29, 1.82) is 0 Å². The van der Waals surface area contributed by atoms with E-state index >= 15 is 0 Å². The van der Waals surface area contributed by atoms with Crippen molar-refractivity contribution in [3.05, 3.63) is 28.8 Å². The van der Waals surface area contributed by atoms with Crippen molar-refractivity contribution in [1.82, 2.24) is 0 Å². The fourth-order valence-electron chi connectivity index (χ4n) is 1.21. The molecule has 2 N–H and O–H groups in total. The highest BCUT2D eigenvalue weighted by Gasteiger charge is 2.11. The molecule has 3 nitrogen and oxygen atoms in total. The maximum atomic E-state index is 10.7. The first-order valence-corrected chi connectivity index (χ1v) is 4.93. The highest BCUT2D eigenvalue weighted by molar-refractivity contribution is 7.20. The molecule has 0 aliphatic heterocycles. The molecule has 14 heavy (non-hydrogen) atoms. The molecule has 5 heteroatoms. The van der Waals surface area contributed by atoms with Crippen molar-refractivity contribution < 1.29 is 15.0 Å². The molecule has 1 aromatic carbocycles. The molecule has 0 aliphatic rings. The maximum Gasteiger partial charge on any atom is 0.337 e.